The highest BCUT2D eigenvalue weighted by atomic mass is 16.5. The summed E-state index contributed by atoms with van der Waals surface area (Å²) in [6, 6.07) is 0. The van der Waals surface area contributed by atoms with Crippen LogP contribution in [0.15, 0.2) is 11.6 Å². The Morgan fingerprint density at radius 1 is 1.18 bits per heavy atom. The van der Waals surface area contributed by atoms with Gasteiger partial charge < -0.3 is 4.74 Å². The summed E-state index contributed by atoms with van der Waals surface area (Å²) < 4.78 is 6.44. The van der Waals surface area contributed by atoms with Crippen LogP contribution in [-0.4, -0.2) is 12.7 Å². The molecule has 3 rings (SSSR count). The molecule has 0 spiro atoms. The number of hydrogen-bond acceptors (Lipinski definition) is 1. The topological polar surface area (TPSA) is 9.23 Å². The molecule has 0 bridgehead atoms. The van der Waals surface area contributed by atoms with Gasteiger partial charge in [-0.3, -0.25) is 0 Å². The van der Waals surface area contributed by atoms with E-state index in [-0.39, 0.29) is 0 Å². The van der Waals surface area contributed by atoms with Crippen LogP contribution in [0.5, 0.6) is 0 Å². The summed E-state index contributed by atoms with van der Waals surface area (Å²) in [6.45, 7) is 13.0. The highest BCUT2D eigenvalue weighted by Crippen LogP contribution is 2.57. The minimum atomic E-state index is 0.406. The maximum Gasteiger partial charge on any atom is 0.0608 e. The molecule has 1 saturated heterocycles. The van der Waals surface area contributed by atoms with Gasteiger partial charge >= 0.3 is 0 Å². The Bertz CT molecular complexity index is 426. The summed E-state index contributed by atoms with van der Waals surface area (Å²) in [6.07, 6.45) is 11.2. The van der Waals surface area contributed by atoms with Crippen molar-refractivity contribution in [1.29, 1.82) is 0 Å². The molecule has 3 aliphatic rings. The Hall–Kier alpha value is -0.300. The second kappa shape index (κ2) is 6.30. The van der Waals surface area contributed by atoms with Crippen LogP contribution < -0.4 is 0 Å². The fraction of sp³-hybridized carbons (Fsp3) is 0.905. The summed E-state index contributed by atoms with van der Waals surface area (Å²) in [5.41, 5.74) is 2.01. The van der Waals surface area contributed by atoms with Crippen molar-refractivity contribution < 1.29 is 4.74 Å². The van der Waals surface area contributed by atoms with E-state index in [0.29, 0.717) is 11.5 Å². The molecule has 0 radical (unpaired) electrons. The molecule has 1 heterocycles. The smallest absolute Gasteiger partial charge is 0.0608 e. The first-order valence-electron chi connectivity index (χ1n) is 9.76. The Morgan fingerprint density at radius 2 is 1.95 bits per heavy atom. The molecule has 0 N–H and O–H groups in total. The maximum absolute atomic E-state index is 6.44. The van der Waals surface area contributed by atoms with Gasteiger partial charge in [0.05, 0.1) is 12.7 Å². The van der Waals surface area contributed by atoms with Crippen molar-refractivity contribution in [2.24, 2.45) is 35.0 Å². The third-order valence-corrected chi connectivity index (χ3v) is 7.81. The lowest BCUT2D eigenvalue weighted by Gasteiger charge is -2.57. The van der Waals surface area contributed by atoms with Gasteiger partial charge in [-0.2, -0.15) is 0 Å². The molecule has 1 nitrogen and oxygen atoms in total. The number of fused-ring (bicyclic) bond motifs is 3. The first-order chi connectivity index (χ1) is 10.5. The highest BCUT2D eigenvalue weighted by molar-refractivity contribution is 5.16. The van der Waals surface area contributed by atoms with Crippen LogP contribution in [0.2, 0.25) is 0 Å². The van der Waals surface area contributed by atoms with Crippen molar-refractivity contribution in [2.45, 2.75) is 79.2 Å². The minimum Gasteiger partial charge on any atom is -0.378 e. The van der Waals surface area contributed by atoms with Gasteiger partial charge in [-0.15, -0.1) is 0 Å². The lowest BCUT2D eigenvalue weighted by molar-refractivity contribution is -0.159. The van der Waals surface area contributed by atoms with Crippen molar-refractivity contribution in [2.75, 3.05) is 6.61 Å². The van der Waals surface area contributed by atoms with E-state index < -0.39 is 0 Å². The molecule has 3 fully saturated rings. The molecule has 7 unspecified atom stereocenters. The largest absolute Gasteiger partial charge is 0.378 e. The van der Waals surface area contributed by atoms with E-state index in [0.717, 1.165) is 36.2 Å². The van der Waals surface area contributed by atoms with E-state index in [2.05, 4.69) is 40.7 Å². The van der Waals surface area contributed by atoms with Crippen molar-refractivity contribution >= 4 is 0 Å². The lowest BCUT2D eigenvalue weighted by Crippen LogP contribution is -2.53. The Labute approximate surface area is 137 Å². The zero-order valence-corrected chi connectivity index (χ0v) is 15.4. The van der Waals surface area contributed by atoms with E-state index in [1.807, 2.05) is 0 Å². The van der Waals surface area contributed by atoms with Crippen LogP contribution in [0.4, 0.5) is 0 Å². The second-order valence-electron chi connectivity index (χ2n) is 8.72. The lowest BCUT2D eigenvalue weighted by atomic mass is 9.52. The Morgan fingerprint density at radius 3 is 2.64 bits per heavy atom. The van der Waals surface area contributed by atoms with Crippen LogP contribution >= 0.6 is 0 Å². The molecule has 0 amide bonds. The van der Waals surface area contributed by atoms with Crippen molar-refractivity contribution in [3.05, 3.63) is 11.6 Å². The number of ether oxygens (including phenoxy) is 1. The molecule has 2 saturated carbocycles. The maximum atomic E-state index is 6.44. The standard InChI is InChI=1S/C21H36O/c1-6-15(4)21(5)11-10-16-17-9-8-14(3)12-20(17)22-13-18(16)19(21)7-2/h6,14,16-20H,7-13H2,1-5H3/b15-6-. The third kappa shape index (κ3) is 2.58. The summed E-state index contributed by atoms with van der Waals surface area (Å²) >= 11 is 0. The predicted molar refractivity (Wildman–Crippen MR) is 93.8 cm³/mol. The normalized spacial score (nSPS) is 49.4. The van der Waals surface area contributed by atoms with E-state index in [4.69, 9.17) is 4.74 Å². The number of hydrogen-bond donors (Lipinski definition) is 0. The summed E-state index contributed by atoms with van der Waals surface area (Å²) in [4.78, 5) is 0. The molecular formula is C21H36O. The fourth-order valence-electron chi connectivity index (χ4n) is 6.25. The van der Waals surface area contributed by atoms with Gasteiger partial charge in [0.1, 0.15) is 0 Å². The van der Waals surface area contributed by atoms with Gasteiger partial charge in [0.25, 0.3) is 0 Å². The zero-order valence-electron chi connectivity index (χ0n) is 15.4. The molecular weight excluding hydrogens is 268 g/mol. The molecule has 2 aliphatic carbocycles. The van der Waals surface area contributed by atoms with Crippen LogP contribution in [-0.2, 0) is 4.74 Å². The molecule has 0 aromatic heterocycles. The monoisotopic (exact) mass is 304 g/mol. The minimum absolute atomic E-state index is 0.406. The molecule has 0 aromatic rings. The number of allylic oxidation sites excluding steroid dienone is 2. The van der Waals surface area contributed by atoms with Gasteiger partial charge in [-0.05, 0) is 74.5 Å². The van der Waals surface area contributed by atoms with Crippen molar-refractivity contribution in [3.8, 4) is 0 Å². The first-order valence-corrected chi connectivity index (χ1v) is 9.76. The Balaban J connectivity index is 1.83. The van der Waals surface area contributed by atoms with Gasteiger partial charge in [-0.1, -0.05) is 45.3 Å². The van der Waals surface area contributed by atoms with Gasteiger partial charge in [0.2, 0.25) is 0 Å². The molecule has 126 valence electrons. The Kier molecular flexibility index (Phi) is 4.74. The summed E-state index contributed by atoms with van der Waals surface area (Å²) in [5.74, 6) is 4.28. The van der Waals surface area contributed by atoms with E-state index in [9.17, 15) is 0 Å². The third-order valence-electron chi connectivity index (χ3n) is 7.81. The van der Waals surface area contributed by atoms with E-state index in [1.165, 1.54) is 38.5 Å². The van der Waals surface area contributed by atoms with Crippen LogP contribution in [0, 0.1) is 35.0 Å². The summed E-state index contributed by atoms with van der Waals surface area (Å²) in [5, 5.41) is 0. The van der Waals surface area contributed by atoms with Crippen LogP contribution in [0.1, 0.15) is 73.1 Å². The van der Waals surface area contributed by atoms with Gasteiger partial charge in [0, 0.05) is 0 Å². The van der Waals surface area contributed by atoms with Crippen molar-refractivity contribution in [3.63, 3.8) is 0 Å². The summed E-state index contributed by atoms with van der Waals surface area (Å²) in [7, 11) is 0. The van der Waals surface area contributed by atoms with Gasteiger partial charge in [0.15, 0.2) is 0 Å². The van der Waals surface area contributed by atoms with Gasteiger partial charge in [-0.25, -0.2) is 0 Å². The van der Waals surface area contributed by atoms with Crippen molar-refractivity contribution in [1.82, 2.24) is 0 Å². The second-order valence-corrected chi connectivity index (χ2v) is 8.72. The SMILES string of the molecule is C/C=C(/C)C1(C)CCC2C3CCC(C)CC3OCC2C1CC. The van der Waals surface area contributed by atoms with E-state index in [1.54, 1.807) is 5.57 Å². The molecule has 1 aliphatic heterocycles. The first kappa shape index (κ1) is 16.6. The quantitative estimate of drug-likeness (QED) is 0.582. The predicted octanol–water partition coefficient (Wildman–Crippen LogP) is 5.85. The van der Waals surface area contributed by atoms with E-state index >= 15 is 0 Å². The fourth-order valence-corrected chi connectivity index (χ4v) is 6.25. The molecule has 1 heteroatoms. The number of rotatable bonds is 2. The molecule has 0 aromatic carbocycles. The average molecular weight is 305 g/mol. The average Bonchev–Trinajstić information content (AvgIpc) is 2.53. The van der Waals surface area contributed by atoms with Crippen LogP contribution in [0.3, 0.4) is 0 Å². The molecule has 7 atom stereocenters. The zero-order chi connectivity index (χ0) is 15.9. The highest BCUT2D eigenvalue weighted by Gasteiger charge is 2.52. The molecule has 22 heavy (non-hydrogen) atoms. The van der Waals surface area contributed by atoms with Crippen LogP contribution in [0.25, 0.3) is 0 Å².